The largest absolute Gasteiger partial charge is 0.454 e. The minimum absolute atomic E-state index is 0.264. The Bertz CT molecular complexity index is 650. The van der Waals surface area contributed by atoms with Gasteiger partial charge >= 0.3 is 0 Å². The van der Waals surface area contributed by atoms with E-state index in [9.17, 15) is 0 Å². The van der Waals surface area contributed by atoms with E-state index in [2.05, 4.69) is 27.4 Å². The van der Waals surface area contributed by atoms with E-state index in [1.165, 1.54) is 0 Å². The van der Waals surface area contributed by atoms with Crippen LogP contribution in [0.25, 0.3) is 0 Å². The summed E-state index contributed by atoms with van der Waals surface area (Å²) in [5.74, 6) is 2.74. The Hall–Kier alpha value is -2.57. The zero-order valence-corrected chi connectivity index (χ0v) is 12.7. The van der Waals surface area contributed by atoms with E-state index in [4.69, 9.17) is 9.47 Å². The molecule has 7 nitrogen and oxygen atoms in total. The van der Waals surface area contributed by atoms with Crippen LogP contribution in [0.15, 0.2) is 24.4 Å². The molecule has 0 aliphatic carbocycles. The van der Waals surface area contributed by atoms with Crippen molar-refractivity contribution in [2.45, 2.75) is 19.8 Å². The van der Waals surface area contributed by atoms with E-state index < -0.39 is 0 Å². The smallest absolute Gasteiger partial charge is 0.247 e. The SMILES string of the molecule is CCCCN(C)c1nncc(Nc2ccc3c(c2)OCO3)n1. The Morgan fingerprint density at radius 2 is 2.14 bits per heavy atom. The Morgan fingerprint density at radius 1 is 1.27 bits per heavy atom. The van der Waals surface area contributed by atoms with E-state index in [1.54, 1.807) is 6.20 Å². The maximum absolute atomic E-state index is 5.36. The molecule has 116 valence electrons. The lowest BCUT2D eigenvalue weighted by molar-refractivity contribution is 0.174. The summed E-state index contributed by atoms with van der Waals surface area (Å²) in [7, 11) is 1.97. The Kier molecular flexibility index (Phi) is 4.22. The van der Waals surface area contributed by atoms with Crippen LogP contribution in [0.1, 0.15) is 19.8 Å². The van der Waals surface area contributed by atoms with Gasteiger partial charge in [0.25, 0.3) is 0 Å². The average molecular weight is 301 g/mol. The van der Waals surface area contributed by atoms with Gasteiger partial charge in [0.15, 0.2) is 17.3 Å². The van der Waals surface area contributed by atoms with Crippen molar-refractivity contribution in [1.82, 2.24) is 15.2 Å². The lowest BCUT2D eigenvalue weighted by Crippen LogP contribution is -2.21. The quantitative estimate of drug-likeness (QED) is 0.879. The highest BCUT2D eigenvalue weighted by Crippen LogP contribution is 2.34. The van der Waals surface area contributed by atoms with Gasteiger partial charge in [-0.3, -0.25) is 0 Å². The van der Waals surface area contributed by atoms with Crippen LogP contribution >= 0.6 is 0 Å². The molecule has 7 heteroatoms. The molecule has 3 rings (SSSR count). The van der Waals surface area contributed by atoms with Crippen molar-refractivity contribution in [3.63, 3.8) is 0 Å². The molecule has 0 unspecified atom stereocenters. The number of benzene rings is 1. The lowest BCUT2D eigenvalue weighted by atomic mass is 10.3. The summed E-state index contributed by atoms with van der Waals surface area (Å²) >= 11 is 0. The molecular formula is C15H19N5O2. The molecule has 1 N–H and O–H groups in total. The highest BCUT2D eigenvalue weighted by Gasteiger charge is 2.13. The third-order valence-electron chi connectivity index (χ3n) is 3.38. The molecule has 1 aliphatic rings. The number of aromatic nitrogens is 3. The number of unbranched alkanes of at least 4 members (excludes halogenated alkanes) is 1. The van der Waals surface area contributed by atoms with Crippen molar-refractivity contribution >= 4 is 17.5 Å². The normalized spacial score (nSPS) is 12.3. The van der Waals surface area contributed by atoms with Gasteiger partial charge in [-0.1, -0.05) is 13.3 Å². The minimum atomic E-state index is 0.264. The standard InChI is InChI=1S/C15H19N5O2/c1-3-4-7-20(2)15-18-14(9-16-19-15)17-11-5-6-12-13(8-11)22-10-21-12/h5-6,8-9H,3-4,7,10H2,1-2H3,(H,17,18,19). The molecule has 1 aliphatic heterocycles. The minimum Gasteiger partial charge on any atom is -0.454 e. The first-order valence-electron chi connectivity index (χ1n) is 7.34. The molecule has 0 radical (unpaired) electrons. The summed E-state index contributed by atoms with van der Waals surface area (Å²) < 4.78 is 10.7. The third kappa shape index (κ3) is 3.19. The van der Waals surface area contributed by atoms with Crippen LogP contribution in [-0.2, 0) is 0 Å². The summed E-state index contributed by atoms with van der Waals surface area (Å²) in [6, 6.07) is 5.66. The maximum atomic E-state index is 5.36. The predicted molar refractivity (Wildman–Crippen MR) is 83.9 cm³/mol. The highest BCUT2D eigenvalue weighted by atomic mass is 16.7. The van der Waals surface area contributed by atoms with Crippen LogP contribution in [0.5, 0.6) is 11.5 Å². The molecule has 0 atom stereocenters. The second-order valence-corrected chi connectivity index (χ2v) is 5.11. The van der Waals surface area contributed by atoms with E-state index >= 15 is 0 Å². The van der Waals surface area contributed by atoms with Crippen molar-refractivity contribution in [2.75, 3.05) is 30.6 Å². The van der Waals surface area contributed by atoms with Gasteiger partial charge in [-0.05, 0) is 18.6 Å². The summed E-state index contributed by atoms with van der Waals surface area (Å²) in [4.78, 5) is 6.48. The van der Waals surface area contributed by atoms with Gasteiger partial charge in [-0.15, -0.1) is 5.10 Å². The first-order chi connectivity index (χ1) is 10.8. The zero-order valence-electron chi connectivity index (χ0n) is 12.7. The molecular weight excluding hydrogens is 282 g/mol. The highest BCUT2D eigenvalue weighted by molar-refractivity contribution is 5.61. The van der Waals surface area contributed by atoms with Gasteiger partial charge in [0, 0.05) is 25.3 Å². The van der Waals surface area contributed by atoms with Crippen molar-refractivity contribution in [2.24, 2.45) is 0 Å². The average Bonchev–Trinajstić information content (AvgIpc) is 3.00. The van der Waals surface area contributed by atoms with Gasteiger partial charge < -0.3 is 19.7 Å². The van der Waals surface area contributed by atoms with Crippen molar-refractivity contribution in [3.05, 3.63) is 24.4 Å². The zero-order chi connectivity index (χ0) is 15.4. The van der Waals surface area contributed by atoms with E-state index in [0.717, 1.165) is 36.6 Å². The van der Waals surface area contributed by atoms with Crippen LogP contribution in [0.2, 0.25) is 0 Å². The molecule has 0 saturated heterocycles. The second-order valence-electron chi connectivity index (χ2n) is 5.11. The molecule has 2 aromatic rings. The fourth-order valence-corrected chi connectivity index (χ4v) is 2.13. The number of hydrogen-bond acceptors (Lipinski definition) is 7. The fraction of sp³-hybridized carbons (Fsp3) is 0.400. The molecule has 1 aromatic heterocycles. The number of nitrogens with zero attached hydrogens (tertiary/aromatic N) is 4. The van der Waals surface area contributed by atoms with Gasteiger partial charge in [-0.2, -0.15) is 10.1 Å². The molecule has 0 fully saturated rings. The van der Waals surface area contributed by atoms with Crippen LogP contribution in [-0.4, -0.2) is 35.6 Å². The summed E-state index contributed by atoms with van der Waals surface area (Å²) in [5.41, 5.74) is 0.868. The second kappa shape index (κ2) is 6.46. The third-order valence-corrected chi connectivity index (χ3v) is 3.38. The predicted octanol–water partition coefficient (Wildman–Crippen LogP) is 2.58. The Balaban J connectivity index is 1.72. The number of fused-ring (bicyclic) bond motifs is 1. The van der Waals surface area contributed by atoms with Crippen LogP contribution in [0.3, 0.4) is 0 Å². The Morgan fingerprint density at radius 3 is 3.00 bits per heavy atom. The first-order valence-corrected chi connectivity index (χ1v) is 7.34. The van der Waals surface area contributed by atoms with Gasteiger partial charge in [-0.25, -0.2) is 0 Å². The monoisotopic (exact) mass is 301 g/mol. The maximum Gasteiger partial charge on any atom is 0.247 e. The number of ether oxygens (including phenoxy) is 2. The first kappa shape index (κ1) is 14.4. The summed E-state index contributed by atoms with van der Waals surface area (Å²) in [6.07, 6.45) is 3.83. The van der Waals surface area contributed by atoms with E-state index in [0.29, 0.717) is 11.8 Å². The van der Waals surface area contributed by atoms with Crippen molar-refractivity contribution < 1.29 is 9.47 Å². The van der Waals surface area contributed by atoms with Crippen molar-refractivity contribution in [1.29, 1.82) is 0 Å². The van der Waals surface area contributed by atoms with E-state index in [1.807, 2.05) is 30.1 Å². The summed E-state index contributed by atoms with van der Waals surface area (Å²) in [6.45, 7) is 3.33. The molecule has 0 bridgehead atoms. The molecule has 0 spiro atoms. The summed E-state index contributed by atoms with van der Waals surface area (Å²) in [5, 5.41) is 11.3. The topological polar surface area (TPSA) is 72.4 Å². The number of rotatable bonds is 6. The van der Waals surface area contributed by atoms with Gasteiger partial charge in [0.1, 0.15) is 0 Å². The van der Waals surface area contributed by atoms with Gasteiger partial charge in [0.05, 0.1) is 6.20 Å². The molecule has 1 aromatic carbocycles. The molecule has 2 heterocycles. The van der Waals surface area contributed by atoms with Crippen LogP contribution in [0.4, 0.5) is 17.5 Å². The molecule has 0 saturated carbocycles. The van der Waals surface area contributed by atoms with Crippen LogP contribution in [0, 0.1) is 0 Å². The number of anilines is 3. The van der Waals surface area contributed by atoms with E-state index in [-0.39, 0.29) is 6.79 Å². The fourth-order valence-electron chi connectivity index (χ4n) is 2.13. The number of hydrogen-bond donors (Lipinski definition) is 1. The van der Waals surface area contributed by atoms with Crippen molar-refractivity contribution in [3.8, 4) is 11.5 Å². The number of nitrogens with one attached hydrogen (secondary N) is 1. The molecule has 22 heavy (non-hydrogen) atoms. The van der Waals surface area contributed by atoms with Crippen LogP contribution < -0.4 is 19.7 Å². The molecule has 0 amide bonds. The van der Waals surface area contributed by atoms with Gasteiger partial charge in [0.2, 0.25) is 12.7 Å². The Labute approximate surface area is 129 Å². The lowest BCUT2D eigenvalue weighted by Gasteiger charge is -2.16.